The maximum absolute atomic E-state index is 11.5. The van der Waals surface area contributed by atoms with Crippen LogP contribution in [0.25, 0.3) is 11.5 Å². The van der Waals surface area contributed by atoms with Crippen molar-refractivity contribution in [2.24, 2.45) is 0 Å². The molecule has 0 radical (unpaired) electrons. The molecule has 1 aromatic carbocycles. The van der Waals surface area contributed by atoms with Crippen LogP contribution in [0.4, 0.5) is 0 Å². The molecular weight excluding hydrogens is 320 g/mol. The molecule has 0 saturated carbocycles. The number of ether oxygens (including phenoxy) is 2. The summed E-state index contributed by atoms with van der Waals surface area (Å²) in [5, 5.41) is 0. The van der Waals surface area contributed by atoms with Gasteiger partial charge in [-0.3, -0.25) is 9.78 Å². The zero-order valence-electron chi connectivity index (χ0n) is 13.8. The van der Waals surface area contributed by atoms with Gasteiger partial charge in [0.2, 0.25) is 5.89 Å². The molecule has 0 aliphatic rings. The molecule has 3 rings (SSSR count). The smallest absolute Gasteiger partial charge is 0.311 e. The summed E-state index contributed by atoms with van der Waals surface area (Å²) in [6, 6.07) is 13.1. The summed E-state index contributed by atoms with van der Waals surface area (Å²) in [6.45, 7) is 2.52. The number of oxazole rings is 1. The average Bonchev–Trinajstić information content (AvgIpc) is 3.10. The van der Waals surface area contributed by atoms with E-state index in [-0.39, 0.29) is 12.4 Å². The van der Waals surface area contributed by atoms with Crippen molar-refractivity contribution in [3.05, 3.63) is 66.3 Å². The standard InChI is InChI=1S/C19H18N2O4/c1-2-23-18(22)11-16-13-25-19(21-16)14-6-8-17(9-7-14)24-12-15-5-3-4-10-20-15/h3-10,13H,2,11-12H2,1H3. The van der Waals surface area contributed by atoms with Crippen molar-refractivity contribution in [2.45, 2.75) is 20.0 Å². The first-order chi connectivity index (χ1) is 12.2. The third-order valence-corrected chi connectivity index (χ3v) is 3.40. The van der Waals surface area contributed by atoms with E-state index in [4.69, 9.17) is 13.9 Å². The number of carbonyl (C=O) groups excluding carboxylic acids is 1. The van der Waals surface area contributed by atoms with Crippen LogP contribution in [0.1, 0.15) is 18.3 Å². The van der Waals surface area contributed by atoms with Gasteiger partial charge in [-0.25, -0.2) is 4.98 Å². The third kappa shape index (κ3) is 4.67. The lowest BCUT2D eigenvalue weighted by molar-refractivity contribution is -0.142. The van der Waals surface area contributed by atoms with Crippen LogP contribution in [-0.4, -0.2) is 22.5 Å². The lowest BCUT2D eigenvalue weighted by Crippen LogP contribution is -2.07. The molecule has 6 nitrogen and oxygen atoms in total. The molecular formula is C19H18N2O4. The van der Waals surface area contributed by atoms with Gasteiger partial charge < -0.3 is 13.9 Å². The zero-order chi connectivity index (χ0) is 17.5. The van der Waals surface area contributed by atoms with Crippen LogP contribution in [0.15, 0.2) is 59.3 Å². The van der Waals surface area contributed by atoms with Crippen LogP contribution in [0.5, 0.6) is 5.75 Å². The highest BCUT2D eigenvalue weighted by Crippen LogP contribution is 2.22. The topological polar surface area (TPSA) is 74.5 Å². The first-order valence-electron chi connectivity index (χ1n) is 7.98. The van der Waals surface area contributed by atoms with Crippen LogP contribution in [0.2, 0.25) is 0 Å². The summed E-state index contributed by atoms with van der Waals surface area (Å²) in [6.07, 6.45) is 3.30. The predicted molar refractivity (Wildman–Crippen MR) is 90.8 cm³/mol. The lowest BCUT2D eigenvalue weighted by Gasteiger charge is -2.05. The normalized spacial score (nSPS) is 10.4. The number of pyridine rings is 1. The SMILES string of the molecule is CCOC(=O)Cc1coc(-c2ccc(OCc3ccccn3)cc2)n1. The van der Waals surface area contributed by atoms with Crippen LogP contribution in [0, 0.1) is 0 Å². The van der Waals surface area contributed by atoms with Gasteiger partial charge in [0, 0.05) is 11.8 Å². The molecule has 0 unspecified atom stereocenters. The lowest BCUT2D eigenvalue weighted by atomic mass is 10.2. The van der Waals surface area contributed by atoms with E-state index in [1.54, 1.807) is 13.1 Å². The molecule has 25 heavy (non-hydrogen) atoms. The monoisotopic (exact) mass is 338 g/mol. The summed E-state index contributed by atoms with van der Waals surface area (Å²) >= 11 is 0. The largest absolute Gasteiger partial charge is 0.487 e. The maximum Gasteiger partial charge on any atom is 0.311 e. The summed E-state index contributed by atoms with van der Waals surface area (Å²) in [7, 11) is 0. The molecule has 3 aromatic rings. The number of benzene rings is 1. The van der Waals surface area contributed by atoms with E-state index in [0.717, 1.165) is 17.0 Å². The fourth-order valence-corrected chi connectivity index (χ4v) is 2.22. The summed E-state index contributed by atoms with van der Waals surface area (Å²) in [4.78, 5) is 20.0. The summed E-state index contributed by atoms with van der Waals surface area (Å²) < 4.78 is 16.0. The maximum atomic E-state index is 11.5. The van der Waals surface area contributed by atoms with Crippen molar-refractivity contribution in [1.82, 2.24) is 9.97 Å². The zero-order valence-corrected chi connectivity index (χ0v) is 13.8. The quantitative estimate of drug-likeness (QED) is 0.615. The molecule has 0 N–H and O–H groups in total. The van der Waals surface area contributed by atoms with Crippen LogP contribution >= 0.6 is 0 Å². The molecule has 0 saturated heterocycles. The summed E-state index contributed by atoms with van der Waals surface area (Å²) in [5.41, 5.74) is 2.21. The van der Waals surface area contributed by atoms with Gasteiger partial charge in [-0.2, -0.15) is 0 Å². The second-order valence-corrected chi connectivity index (χ2v) is 5.26. The highest BCUT2D eigenvalue weighted by Gasteiger charge is 2.11. The van der Waals surface area contributed by atoms with Crippen molar-refractivity contribution in [1.29, 1.82) is 0 Å². The van der Waals surface area contributed by atoms with Crippen LogP contribution < -0.4 is 4.74 Å². The Balaban J connectivity index is 1.60. The van der Waals surface area contributed by atoms with Crippen molar-refractivity contribution >= 4 is 5.97 Å². The number of rotatable bonds is 7. The summed E-state index contributed by atoms with van der Waals surface area (Å²) in [5.74, 6) is 0.865. The Hall–Kier alpha value is -3.15. The second kappa shape index (κ2) is 8.10. The fraction of sp³-hybridized carbons (Fsp3) is 0.211. The van der Waals surface area contributed by atoms with Gasteiger partial charge in [0.15, 0.2) is 0 Å². The number of nitrogens with zero attached hydrogens (tertiary/aromatic N) is 2. The number of carbonyl (C=O) groups is 1. The van der Waals surface area contributed by atoms with E-state index in [0.29, 0.717) is 24.8 Å². The minimum absolute atomic E-state index is 0.0998. The van der Waals surface area contributed by atoms with Crippen LogP contribution in [-0.2, 0) is 22.6 Å². The molecule has 0 bridgehead atoms. The second-order valence-electron chi connectivity index (χ2n) is 5.26. The van der Waals surface area contributed by atoms with Gasteiger partial charge in [0.25, 0.3) is 0 Å². The average molecular weight is 338 g/mol. The first kappa shape index (κ1) is 16.7. The highest BCUT2D eigenvalue weighted by atomic mass is 16.5. The molecule has 0 amide bonds. The Kier molecular flexibility index (Phi) is 5.41. The Morgan fingerprint density at radius 1 is 1.12 bits per heavy atom. The first-order valence-corrected chi connectivity index (χ1v) is 7.98. The van der Waals surface area contributed by atoms with Crippen molar-refractivity contribution in [3.8, 4) is 17.2 Å². The van der Waals surface area contributed by atoms with E-state index >= 15 is 0 Å². The van der Waals surface area contributed by atoms with E-state index in [9.17, 15) is 4.79 Å². The van der Waals surface area contributed by atoms with Gasteiger partial charge in [-0.15, -0.1) is 0 Å². The molecule has 128 valence electrons. The molecule has 2 aromatic heterocycles. The molecule has 0 aliphatic heterocycles. The fourth-order valence-electron chi connectivity index (χ4n) is 2.22. The number of hydrogen-bond acceptors (Lipinski definition) is 6. The van der Waals surface area contributed by atoms with Crippen molar-refractivity contribution in [3.63, 3.8) is 0 Å². The number of hydrogen-bond donors (Lipinski definition) is 0. The Labute approximate surface area is 145 Å². The van der Waals surface area contributed by atoms with Gasteiger partial charge >= 0.3 is 5.97 Å². The highest BCUT2D eigenvalue weighted by molar-refractivity contribution is 5.72. The minimum Gasteiger partial charge on any atom is -0.487 e. The van der Waals surface area contributed by atoms with Gasteiger partial charge in [0.05, 0.1) is 24.4 Å². The van der Waals surface area contributed by atoms with E-state index < -0.39 is 0 Å². The molecule has 0 aliphatic carbocycles. The molecule has 6 heteroatoms. The van der Waals surface area contributed by atoms with Crippen molar-refractivity contribution < 1.29 is 18.7 Å². The Bertz CT molecular complexity index is 813. The van der Waals surface area contributed by atoms with E-state index in [1.807, 2.05) is 42.5 Å². The van der Waals surface area contributed by atoms with Gasteiger partial charge in [0.1, 0.15) is 18.6 Å². The van der Waals surface area contributed by atoms with Gasteiger partial charge in [-0.05, 0) is 43.3 Å². The van der Waals surface area contributed by atoms with Crippen LogP contribution in [0.3, 0.4) is 0 Å². The number of aromatic nitrogens is 2. The van der Waals surface area contributed by atoms with Crippen molar-refractivity contribution in [2.75, 3.05) is 6.61 Å². The van der Waals surface area contributed by atoms with E-state index in [1.165, 1.54) is 6.26 Å². The number of esters is 1. The third-order valence-electron chi connectivity index (χ3n) is 3.40. The molecule has 0 spiro atoms. The molecule has 0 fully saturated rings. The minimum atomic E-state index is -0.319. The van der Waals surface area contributed by atoms with Gasteiger partial charge in [-0.1, -0.05) is 6.07 Å². The molecule has 2 heterocycles. The molecule has 0 atom stereocenters. The van der Waals surface area contributed by atoms with E-state index in [2.05, 4.69) is 9.97 Å². The Morgan fingerprint density at radius 2 is 1.96 bits per heavy atom. The predicted octanol–water partition coefficient (Wildman–Crippen LogP) is 3.42. The Morgan fingerprint density at radius 3 is 2.68 bits per heavy atom.